The predicted molar refractivity (Wildman–Crippen MR) is 128 cm³/mol. The molecule has 1 saturated heterocycles. The van der Waals surface area contributed by atoms with Gasteiger partial charge in [-0.3, -0.25) is 14.2 Å². The Hall–Kier alpha value is -1.60. The maximum absolute atomic E-state index is 13.2. The fraction of sp³-hybridized carbons (Fsp3) is 0.609. The smallest absolute Gasteiger partial charge is 0.263 e. The topological polar surface area (TPSA) is 55.2 Å². The Bertz CT molecular complexity index is 963. The van der Waals surface area contributed by atoms with Gasteiger partial charge in [0, 0.05) is 24.0 Å². The van der Waals surface area contributed by atoms with Gasteiger partial charge >= 0.3 is 0 Å². The summed E-state index contributed by atoms with van der Waals surface area (Å²) in [5.74, 6) is 0.465. The number of rotatable bonds is 5. The lowest BCUT2D eigenvalue weighted by Crippen LogP contribution is -2.43. The number of aromatic nitrogens is 2. The first-order valence-electron chi connectivity index (χ1n) is 11.2. The highest BCUT2D eigenvalue weighted by atomic mass is 32.2. The third-order valence-electron chi connectivity index (χ3n) is 5.80. The maximum Gasteiger partial charge on any atom is 0.263 e. The number of hydrogen-bond acceptors (Lipinski definition) is 5. The Morgan fingerprint density at radius 2 is 2.03 bits per heavy atom. The van der Waals surface area contributed by atoms with E-state index in [1.54, 1.807) is 22.0 Å². The number of carbonyl (C=O) groups is 1. The normalized spacial score (nSPS) is 18.5. The number of carbonyl (C=O) groups excluding carboxylic acids is 1. The van der Waals surface area contributed by atoms with Crippen LogP contribution in [0.2, 0.25) is 0 Å². The van der Waals surface area contributed by atoms with Crippen LogP contribution < -0.4 is 5.56 Å². The average molecular weight is 448 g/mol. The van der Waals surface area contributed by atoms with Crippen LogP contribution in [0.5, 0.6) is 0 Å². The quantitative estimate of drug-likeness (QED) is 0.366. The number of piperidine rings is 1. The third kappa shape index (κ3) is 4.67. The molecule has 1 aliphatic heterocycles. The van der Waals surface area contributed by atoms with Gasteiger partial charge in [-0.25, -0.2) is 4.98 Å². The molecule has 4 rings (SSSR count). The highest BCUT2D eigenvalue weighted by Crippen LogP contribution is 2.34. The van der Waals surface area contributed by atoms with E-state index in [4.69, 9.17) is 4.98 Å². The Balaban J connectivity index is 0.00000124. The van der Waals surface area contributed by atoms with E-state index in [0.29, 0.717) is 23.5 Å². The summed E-state index contributed by atoms with van der Waals surface area (Å²) in [6.45, 7) is 11.2. The molecule has 0 aromatic carbocycles. The summed E-state index contributed by atoms with van der Waals surface area (Å²) in [5, 5.41) is 1.43. The molecule has 0 radical (unpaired) electrons. The summed E-state index contributed by atoms with van der Waals surface area (Å²) in [7, 11) is 0. The summed E-state index contributed by atoms with van der Waals surface area (Å²) in [6.07, 6.45) is 9.41. The fourth-order valence-electron chi connectivity index (χ4n) is 4.30. The third-order valence-corrected chi connectivity index (χ3v) is 7.95. The molecule has 5 nitrogen and oxygen atoms in total. The Morgan fingerprint density at radius 3 is 2.77 bits per heavy atom. The first-order valence-corrected chi connectivity index (χ1v) is 13.0. The van der Waals surface area contributed by atoms with Gasteiger partial charge in [-0.1, -0.05) is 31.7 Å². The highest BCUT2D eigenvalue weighted by molar-refractivity contribution is 7.99. The van der Waals surface area contributed by atoms with Gasteiger partial charge in [0.25, 0.3) is 5.56 Å². The number of fused-ring (bicyclic) bond motifs is 3. The van der Waals surface area contributed by atoms with Crippen LogP contribution in [0.15, 0.2) is 22.6 Å². The van der Waals surface area contributed by atoms with Gasteiger partial charge in [0.2, 0.25) is 5.91 Å². The van der Waals surface area contributed by atoms with Crippen molar-refractivity contribution < 1.29 is 4.79 Å². The molecule has 1 fully saturated rings. The molecule has 30 heavy (non-hydrogen) atoms. The van der Waals surface area contributed by atoms with Gasteiger partial charge < -0.3 is 4.90 Å². The lowest BCUT2D eigenvalue weighted by molar-refractivity contribution is -0.131. The minimum absolute atomic E-state index is 0.0191. The van der Waals surface area contributed by atoms with Crippen molar-refractivity contribution in [1.82, 2.24) is 14.5 Å². The van der Waals surface area contributed by atoms with Crippen molar-refractivity contribution in [2.75, 3.05) is 12.3 Å². The Morgan fingerprint density at radius 1 is 1.27 bits per heavy atom. The van der Waals surface area contributed by atoms with Gasteiger partial charge in [-0.15, -0.1) is 17.9 Å². The fourth-order valence-corrected chi connectivity index (χ4v) is 6.50. The molecule has 3 heterocycles. The zero-order chi connectivity index (χ0) is 21.7. The number of aryl methyl sites for hydroxylation is 2. The Kier molecular flexibility index (Phi) is 8.17. The van der Waals surface area contributed by atoms with Gasteiger partial charge in [-0.05, 0) is 57.4 Å². The number of thiophene rings is 1. The molecule has 1 atom stereocenters. The van der Waals surface area contributed by atoms with Crippen molar-refractivity contribution in [3.8, 4) is 0 Å². The molecular weight excluding hydrogens is 414 g/mol. The molecule has 1 amide bonds. The molecule has 0 N–H and O–H groups in total. The molecule has 2 aliphatic rings. The largest absolute Gasteiger partial charge is 0.339 e. The van der Waals surface area contributed by atoms with E-state index in [9.17, 15) is 9.59 Å². The number of hydrogen-bond donors (Lipinski definition) is 0. The van der Waals surface area contributed by atoms with Gasteiger partial charge in [0.1, 0.15) is 4.83 Å². The zero-order valence-electron chi connectivity index (χ0n) is 18.4. The molecule has 2 aromatic heterocycles. The van der Waals surface area contributed by atoms with Crippen LogP contribution >= 0.6 is 23.1 Å². The van der Waals surface area contributed by atoms with Crippen LogP contribution in [0, 0.1) is 0 Å². The highest BCUT2D eigenvalue weighted by Gasteiger charge is 2.25. The van der Waals surface area contributed by atoms with Crippen LogP contribution in [-0.4, -0.2) is 38.7 Å². The van der Waals surface area contributed by atoms with Crippen molar-refractivity contribution >= 4 is 39.2 Å². The summed E-state index contributed by atoms with van der Waals surface area (Å²) in [5.41, 5.74) is 1.22. The second-order valence-corrected chi connectivity index (χ2v) is 9.74. The number of thioether (sulfide) groups is 1. The summed E-state index contributed by atoms with van der Waals surface area (Å²) in [4.78, 5) is 34.9. The van der Waals surface area contributed by atoms with E-state index in [0.717, 1.165) is 48.9 Å². The van der Waals surface area contributed by atoms with E-state index in [1.165, 1.54) is 35.0 Å². The molecule has 2 aromatic rings. The van der Waals surface area contributed by atoms with Crippen LogP contribution in [0.4, 0.5) is 0 Å². The second-order valence-electron chi connectivity index (χ2n) is 7.71. The van der Waals surface area contributed by atoms with Crippen molar-refractivity contribution in [3.63, 3.8) is 0 Å². The van der Waals surface area contributed by atoms with Crippen molar-refractivity contribution in [2.24, 2.45) is 0 Å². The van der Waals surface area contributed by atoms with Gasteiger partial charge in [-0.2, -0.15) is 0 Å². The van der Waals surface area contributed by atoms with Crippen molar-refractivity contribution in [3.05, 3.63) is 33.4 Å². The maximum atomic E-state index is 13.2. The van der Waals surface area contributed by atoms with E-state index in [2.05, 4.69) is 13.5 Å². The molecule has 0 bridgehead atoms. The van der Waals surface area contributed by atoms with Crippen LogP contribution in [-0.2, 0) is 24.2 Å². The SMILES string of the molecule is C=CCn1c(SCC(=O)N2CCCCC2C)nc2sc3c(c2c1=O)CCCC3.CC. The molecule has 1 aliphatic carbocycles. The standard InChI is InChI=1S/C21H27N3O2S2.C2H6/c1-3-11-24-20(26)18-15-9-4-5-10-16(15)28-19(18)22-21(24)27-13-17(25)23-12-7-6-8-14(23)2;1-2/h3,14H,1,4-13H2,2H3;1-2H3. The first kappa shape index (κ1) is 23.1. The first-order chi connectivity index (χ1) is 14.6. The summed E-state index contributed by atoms with van der Waals surface area (Å²) < 4.78 is 1.69. The minimum atomic E-state index is 0.0191. The monoisotopic (exact) mass is 447 g/mol. The molecule has 1 unspecified atom stereocenters. The molecule has 164 valence electrons. The van der Waals surface area contributed by atoms with Crippen molar-refractivity contribution in [2.45, 2.75) is 83.5 Å². The predicted octanol–water partition coefficient (Wildman–Crippen LogP) is 5.04. The Labute approximate surface area is 187 Å². The number of amides is 1. The lowest BCUT2D eigenvalue weighted by Gasteiger charge is -2.33. The number of allylic oxidation sites excluding steroid dienone is 1. The molecule has 0 saturated carbocycles. The number of nitrogens with zero attached hydrogens (tertiary/aromatic N) is 3. The lowest BCUT2D eigenvalue weighted by atomic mass is 9.97. The minimum Gasteiger partial charge on any atom is -0.339 e. The van der Waals surface area contributed by atoms with Gasteiger partial charge in [0.05, 0.1) is 11.1 Å². The van der Waals surface area contributed by atoms with Crippen LogP contribution in [0.3, 0.4) is 0 Å². The van der Waals surface area contributed by atoms with E-state index < -0.39 is 0 Å². The van der Waals surface area contributed by atoms with E-state index in [1.807, 2.05) is 18.7 Å². The molecular formula is C23H33N3O2S2. The van der Waals surface area contributed by atoms with Gasteiger partial charge in [0.15, 0.2) is 5.16 Å². The second kappa shape index (κ2) is 10.6. The van der Waals surface area contributed by atoms with Crippen LogP contribution in [0.25, 0.3) is 10.2 Å². The summed E-state index contributed by atoms with van der Waals surface area (Å²) >= 11 is 3.04. The van der Waals surface area contributed by atoms with E-state index in [-0.39, 0.29) is 11.5 Å². The summed E-state index contributed by atoms with van der Waals surface area (Å²) in [6, 6.07) is 0.302. The van der Waals surface area contributed by atoms with E-state index >= 15 is 0 Å². The zero-order valence-corrected chi connectivity index (χ0v) is 20.0. The van der Waals surface area contributed by atoms with Crippen molar-refractivity contribution in [1.29, 1.82) is 0 Å². The number of likely N-dealkylation sites (tertiary alicyclic amines) is 1. The average Bonchev–Trinajstić information content (AvgIpc) is 3.14. The van der Waals surface area contributed by atoms with Crippen LogP contribution in [0.1, 0.15) is 63.3 Å². The molecule has 7 heteroatoms. The molecule has 0 spiro atoms.